The van der Waals surface area contributed by atoms with Gasteiger partial charge in [-0.1, -0.05) is 19.9 Å². The number of anilines is 2. The molecule has 1 heterocycles. The Balaban J connectivity index is 2.39. The highest BCUT2D eigenvalue weighted by Crippen LogP contribution is 2.27. The van der Waals surface area contributed by atoms with Gasteiger partial charge in [0.05, 0.1) is 4.88 Å². The fourth-order valence-electron chi connectivity index (χ4n) is 3.05. The zero-order chi connectivity index (χ0) is 21.6. The van der Waals surface area contributed by atoms with Gasteiger partial charge < -0.3 is 20.4 Å². The first-order chi connectivity index (χ1) is 13.7. The minimum Gasteiger partial charge on any atom is -0.377 e. The maximum absolute atomic E-state index is 13.2. The summed E-state index contributed by atoms with van der Waals surface area (Å²) in [5.74, 6) is 0.353. The van der Waals surface area contributed by atoms with E-state index in [-0.39, 0.29) is 18.0 Å². The van der Waals surface area contributed by atoms with Crippen molar-refractivity contribution in [2.24, 2.45) is 5.92 Å². The van der Waals surface area contributed by atoms with Crippen molar-refractivity contribution in [1.29, 1.82) is 0 Å². The first kappa shape index (κ1) is 22.7. The average molecular weight is 417 g/mol. The Morgan fingerprint density at radius 2 is 1.86 bits per heavy atom. The second-order valence-corrected chi connectivity index (χ2v) is 8.57. The summed E-state index contributed by atoms with van der Waals surface area (Å²) in [5.41, 5.74) is 2.71. The maximum Gasteiger partial charge on any atom is 0.319 e. The summed E-state index contributed by atoms with van der Waals surface area (Å²) in [6, 6.07) is 9.41. The molecule has 0 fully saturated rings. The van der Waals surface area contributed by atoms with Gasteiger partial charge in [0.15, 0.2) is 0 Å². The minimum atomic E-state index is -0.238. The van der Waals surface area contributed by atoms with Crippen molar-refractivity contribution in [3.63, 3.8) is 0 Å². The van der Waals surface area contributed by atoms with Gasteiger partial charge in [-0.15, -0.1) is 11.3 Å². The van der Waals surface area contributed by atoms with E-state index in [2.05, 4.69) is 31.4 Å². The standard InChI is InChI=1S/C22H32N4O2S/c1-7-23-22(28)24-18-10-11-19(25(5)6)17(13-18)14-26(16(4)15(2)3)21(27)20-9-8-12-29-20/h8-13,15-16H,7,14H2,1-6H3,(H2,23,24,28). The molecule has 1 atom stereocenters. The van der Waals surface area contributed by atoms with E-state index in [1.807, 2.05) is 66.5 Å². The number of nitrogens with one attached hydrogen (secondary N) is 2. The van der Waals surface area contributed by atoms with E-state index in [1.165, 1.54) is 11.3 Å². The van der Waals surface area contributed by atoms with Gasteiger partial charge in [0.1, 0.15) is 0 Å². The maximum atomic E-state index is 13.2. The molecule has 158 valence electrons. The molecule has 0 spiro atoms. The Labute approximate surface area is 177 Å². The Bertz CT molecular complexity index is 818. The van der Waals surface area contributed by atoms with Gasteiger partial charge in [0.25, 0.3) is 5.91 Å². The van der Waals surface area contributed by atoms with Crippen LogP contribution in [0.5, 0.6) is 0 Å². The molecule has 29 heavy (non-hydrogen) atoms. The molecule has 1 aromatic heterocycles. The summed E-state index contributed by atoms with van der Waals surface area (Å²) in [7, 11) is 3.96. The summed E-state index contributed by atoms with van der Waals surface area (Å²) in [5, 5.41) is 7.52. The van der Waals surface area contributed by atoms with E-state index in [4.69, 9.17) is 0 Å². The molecule has 0 aliphatic carbocycles. The Kier molecular flexibility index (Phi) is 8.08. The summed E-state index contributed by atoms with van der Waals surface area (Å²) in [6.45, 7) is 9.24. The second kappa shape index (κ2) is 10.3. The van der Waals surface area contributed by atoms with Gasteiger partial charge in [0.2, 0.25) is 0 Å². The number of hydrogen-bond donors (Lipinski definition) is 2. The van der Waals surface area contributed by atoms with Crippen molar-refractivity contribution in [1.82, 2.24) is 10.2 Å². The van der Waals surface area contributed by atoms with Gasteiger partial charge in [-0.2, -0.15) is 0 Å². The SMILES string of the molecule is CCNC(=O)Nc1ccc(N(C)C)c(CN(C(=O)c2cccs2)C(C)C(C)C)c1. The predicted octanol–water partition coefficient (Wildman–Crippen LogP) is 4.64. The Morgan fingerprint density at radius 1 is 1.14 bits per heavy atom. The fraction of sp³-hybridized carbons (Fsp3) is 0.455. The number of urea groups is 1. The van der Waals surface area contributed by atoms with Crippen LogP contribution in [0.1, 0.15) is 42.9 Å². The number of amides is 3. The fourth-order valence-corrected chi connectivity index (χ4v) is 3.73. The van der Waals surface area contributed by atoms with Gasteiger partial charge >= 0.3 is 6.03 Å². The third-order valence-corrected chi connectivity index (χ3v) is 5.80. The first-order valence-electron chi connectivity index (χ1n) is 9.94. The molecule has 7 heteroatoms. The second-order valence-electron chi connectivity index (χ2n) is 7.62. The van der Waals surface area contributed by atoms with Crippen molar-refractivity contribution in [3.05, 3.63) is 46.2 Å². The van der Waals surface area contributed by atoms with Crippen LogP contribution in [0.3, 0.4) is 0 Å². The highest BCUT2D eigenvalue weighted by atomic mass is 32.1. The molecule has 3 amide bonds. The van der Waals surface area contributed by atoms with Crippen LogP contribution in [0.2, 0.25) is 0 Å². The van der Waals surface area contributed by atoms with Crippen molar-refractivity contribution in [2.45, 2.75) is 40.3 Å². The highest BCUT2D eigenvalue weighted by molar-refractivity contribution is 7.12. The third kappa shape index (κ3) is 5.97. The molecule has 1 aromatic carbocycles. The van der Waals surface area contributed by atoms with Crippen molar-refractivity contribution < 1.29 is 9.59 Å². The monoisotopic (exact) mass is 416 g/mol. The van der Waals surface area contributed by atoms with Crippen LogP contribution in [0.4, 0.5) is 16.2 Å². The molecule has 0 aliphatic heterocycles. The van der Waals surface area contributed by atoms with Crippen molar-refractivity contribution in [3.8, 4) is 0 Å². The number of carbonyl (C=O) groups is 2. The van der Waals surface area contributed by atoms with Crippen molar-refractivity contribution >= 4 is 34.6 Å². The van der Waals surface area contributed by atoms with Crippen LogP contribution in [-0.2, 0) is 6.54 Å². The third-order valence-electron chi connectivity index (χ3n) is 4.95. The molecular weight excluding hydrogens is 384 g/mol. The molecule has 0 saturated carbocycles. The lowest BCUT2D eigenvalue weighted by atomic mass is 10.0. The molecule has 0 bridgehead atoms. The van der Waals surface area contributed by atoms with Gasteiger partial charge in [-0.05, 0) is 55.0 Å². The summed E-state index contributed by atoms with van der Waals surface area (Å²) < 4.78 is 0. The van der Waals surface area contributed by atoms with Crippen LogP contribution in [0.25, 0.3) is 0 Å². The molecule has 2 aromatic rings. The predicted molar refractivity (Wildman–Crippen MR) is 122 cm³/mol. The zero-order valence-electron chi connectivity index (χ0n) is 18.2. The lowest BCUT2D eigenvalue weighted by molar-refractivity contribution is 0.0633. The topological polar surface area (TPSA) is 64.7 Å². The summed E-state index contributed by atoms with van der Waals surface area (Å²) >= 11 is 1.46. The number of carbonyl (C=O) groups excluding carboxylic acids is 2. The Hall–Kier alpha value is -2.54. The summed E-state index contributed by atoms with van der Waals surface area (Å²) in [6.07, 6.45) is 0. The van der Waals surface area contributed by atoms with Crippen LogP contribution in [-0.4, -0.2) is 43.5 Å². The molecule has 6 nitrogen and oxygen atoms in total. The molecule has 2 N–H and O–H groups in total. The number of nitrogens with zero attached hydrogens (tertiary/aromatic N) is 2. The van der Waals surface area contributed by atoms with Crippen LogP contribution < -0.4 is 15.5 Å². The number of thiophene rings is 1. The van der Waals surface area contributed by atoms with E-state index >= 15 is 0 Å². The molecule has 0 radical (unpaired) electrons. The highest BCUT2D eigenvalue weighted by Gasteiger charge is 2.26. The van der Waals surface area contributed by atoms with Crippen LogP contribution in [0.15, 0.2) is 35.7 Å². The lowest BCUT2D eigenvalue weighted by Gasteiger charge is -2.33. The smallest absolute Gasteiger partial charge is 0.319 e. The summed E-state index contributed by atoms with van der Waals surface area (Å²) in [4.78, 5) is 29.8. The zero-order valence-corrected chi connectivity index (χ0v) is 19.0. The number of benzene rings is 1. The molecule has 1 unspecified atom stereocenters. The number of rotatable bonds is 8. The Morgan fingerprint density at radius 3 is 2.41 bits per heavy atom. The van der Waals surface area contributed by atoms with E-state index < -0.39 is 0 Å². The molecular formula is C22H32N4O2S. The van der Waals surface area contributed by atoms with E-state index in [0.29, 0.717) is 24.7 Å². The molecule has 0 aliphatic rings. The van der Waals surface area contributed by atoms with E-state index in [1.54, 1.807) is 0 Å². The quantitative estimate of drug-likeness (QED) is 0.659. The van der Waals surface area contributed by atoms with Crippen LogP contribution in [0, 0.1) is 5.92 Å². The van der Waals surface area contributed by atoms with E-state index in [0.717, 1.165) is 16.1 Å². The average Bonchev–Trinajstić information content (AvgIpc) is 3.19. The van der Waals surface area contributed by atoms with Crippen molar-refractivity contribution in [2.75, 3.05) is 30.9 Å². The van der Waals surface area contributed by atoms with Crippen LogP contribution >= 0.6 is 11.3 Å². The normalized spacial score (nSPS) is 11.8. The lowest BCUT2D eigenvalue weighted by Crippen LogP contribution is -2.41. The molecule has 0 saturated heterocycles. The molecule has 2 rings (SSSR count). The minimum absolute atomic E-state index is 0.0352. The first-order valence-corrected chi connectivity index (χ1v) is 10.8. The van der Waals surface area contributed by atoms with Gasteiger partial charge in [-0.25, -0.2) is 4.79 Å². The number of hydrogen-bond acceptors (Lipinski definition) is 4. The van der Waals surface area contributed by atoms with E-state index in [9.17, 15) is 9.59 Å². The van der Waals surface area contributed by atoms with Gasteiger partial charge in [0, 0.05) is 44.6 Å². The largest absolute Gasteiger partial charge is 0.377 e. The van der Waals surface area contributed by atoms with Gasteiger partial charge in [-0.3, -0.25) is 4.79 Å².